The summed E-state index contributed by atoms with van der Waals surface area (Å²) in [7, 11) is 0. The summed E-state index contributed by atoms with van der Waals surface area (Å²) in [6.45, 7) is 8.27. The summed E-state index contributed by atoms with van der Waals surface area (Å²) in [4.78, 5) is 0. The molecule has 2 atom stereocenters. The van der Waals surface area contributed by atoms with Crippen LogP contribution in [0.2, 0.25) is 0 Å². The van der Waals surface area contributed by atoms with Crippen LogP contribution < -0.4 is 11.1 Å². The lowest BCUT2D eigenvalue weighted by molar-refractivity contribution is 0.565. The molecule has 0 amide bonds. The van der Waals surface area contributed by atoms with Gasteiger partial charge in [-0.2, -0.15) is 0 Å². The van der Waals surface area contributed by atoms with Gasteiger partial charge in [0.05, 0.1) is 0 Å². The van der Waals surface area contributed by atoms with Crippen LogP contribution in [0.3, 0.4) is 0 Å². The molecule has 0 aromatic carbocycles. The van der Waals surface area contributed by atoms with Crippen molar-refractivity contribution in [1.82, 2.24) is 5.32 Å². The summed E-state index contributed by atoms with van der Waals surface area (Å²) in [6, 6.07) is 0.403. The Labute approximate surface area is 57.8 Å². The maximum Gasteiger partial charge on any atom is 0.0203 e. The molecule has 2 heteroatoms. The molecule has 1 aliphatic heterocycles. The zero-order valence-corrected chi connectivity index (χ0v) is 6.65. The highest BCUT2D eigenvalue weighted by Crippen LogP contribution is 2.02. The molecule has 3 N–H and O–H groups in total. The molecule has 56 valence electrons. The van der Waals surface area contributed by atoms with E-state index in [1.165, 1.54) is 0 Å². The van der Waals surface area contributed by atoms with Gasteiger partial charge in [-0.15, -0.1) is 0 Å². The molecule has 1 fully saturated rings. The lowest BCUT2D eigenvalue weighted by Gasteiger charge is -2.03. The Hall–Kier alpha value is -0.0800. The van der Waals surface area contributed by atoms with Crippen LogP contribution in [0.1, 0.15) is 20.8 Å². The van der Waals surface area contributed by atoms with Gasteiger partial charge >= 0.3 is 0 Å². The summed E-state index contributed by atoms with van der Waals surface area (Å²) >= 11 is 0. The van der Waals surface area contributed by atoms with E-state index in [-0.39, 0.29) is 0 Å². The van der Waals surface area contributed by atoms with E-state index in [2.05, 4.69) is 12.2 Å². The fourth-order valence-corrected chi connectivity index (χ4v) is 0.830. The topological polar surface area (TPSA) is 38.0 Å². The Bertz CT molecular complexity index is 55.9. The van der Waals surface area contributed by atoms with Gasteiger partial charge in [0.1, 0.15) is 0 Å². The van der Waals surface area contributed by atoms with Gasteiger partial charge in [-0.3, -0.25) is 0 Å². The zero-order valence-electron chi connectivity index (χ0n) is 6.65. The van der Waals surface area contributed by atoms with Gasteiger partial charge in [-0.25, -0.2) is 0 Å². The monoisotopic (exact) mass is 130 g/mol. The van der Waals surface area contributed by atoms with Crippen LogP contribution in [-0.4, -0.2) is 19.1 Å². The van der Waals surface area contributed by atoms with Crippen molar-refractivity contribution in [2.24, 2.45) is 11.7 Å². The van der Waals surface area contributed by atoms with Crippen LogP contribution >= 0.6 is 0 Å². The van der Waals surface area contributed by atoms with Crippen molar-refractivity contribution in [3.63, 3.8) is 0 Å². The number of nitrogens with two attached hydrogens (primary N) is 1. The predicted octanol–water partition coefficient (Wildman–Crippen LogP) is 0.579. The summed E-state index contributed by atoms with van der Waals surface area (Å²) in [5.74, 6) is 0.681. The zero-order chi connectivity index (χ0) is 7.28. The number of hydrogen-bond acceptors (Lipinski definition) is 2. The maximum atomic E-state index is 5.62. The first kappa shape index (κ1) is 8.92. The van der Waals surface area contributed by atoms with Crippen molar-refractivity contribution in [3.8, 4) is 0 Å². The van der Waals surface area contributed by atoms with Gasteiger partial charge in [-0.05, 0) is 12.5 Å². The molecule has 0 aromatic heterocycles. The largest absolute Gasteiger partial charge is 0.326 e. The standard InChI is InChI=1S/C5H12N2.C2H6/c1-4-2-7-3-5(4)6;1-2/h4-5,7H,2-3,6H2,1H3;1-2H3. The minimum absolute atomic E-state index is 0.403. The van der Waals surface area contributed by atoms with E-state index < -0.39 is 0 Å². The van der Waals surface area contributed by atoms with Crippen LogP contribution in [0.15, 0.2) is 0 Å². The third-order valence-electron chi connectivity index (χ3n) is 1.58. The molecule has 1 heterocycles. The van der Waals surface area contributed by atoms with Crippen LogP contribution in [-0.2, 0) is 0 Å². The average molecular weight is 130 g/mol. The Balaban J connectivity index is 0.000000291. The lowest BCUT2D eigenvalue weighted by atomic mass is 10.1. The van der Waals surface area contributed by atoms with E-state index in [1.807, 2.05) is 13.8 Å². The van der Waals surface area contributed by atoms with E-state index >= 15 is 0 Å². The van der Waals surface area contributed by atoms with Crippen LogP contribution in [0.25, 0.3) is 0 Å². The second-order valence-corrected chi connectivity index (χ2v) is 2.30. The van der Waals surface area contributed by atoms with E-state index in [0.29, 0.717) is 12.0 Å². The highest BCUT2D eigenvalue weighted by atomic mass is 15.0. The molecule has 9 heavy (non-hydrogen) atoms. The molecule has 1 saturated heterocycles. The minimum atomic E-state index is 0.403. The Morgan fingerprint density at radius 2 is 1.89 bits per heavy atom. The van der Waals surface area contributed by atoms with Gasteiger partial charge < -0.3 is 11.1 Å². The molecule has 0 spiro atoms. The fourth-order valence-electron chi connectivity index (χ4n) is 0.830. The van der Waals surface area contributed by atoms with Crippen molar-refractivity contribution >= 4 is 0 Å². The highest BCUT2D eigenvalue weighted by Gasteiger charge is 2.17. The van der Waals surface area contributed by atoms with E-state index in [0.717, 1.165) is 13.1 Å². The van der Waals surface area contributed by atoms with Gasteiger partial charge in [-0.1, -0.05) is 20.8 Å². The van der Waals surface area contributed by atoms with Crippen molar-refractivity contribution in [2.45, 2.75) is 26.8 Å². The molecule has 0 saturated carbocycles. The first-order chi connectivity index (χ1) is 4.30. The number of hydrogen-bond donors (Lipinski definition) is 2. The normalized spacial score (nSPS) is 33.3. The van der Waals surface area contributed by atoms with Gasteiger partial charge in [0.25, 0.3) is 0 Å². The van der Waals surface area contributed by atoms with Crippen molar-refractivity contribution in [3.05, 3.63) is 0 Å². The number of nitrogens with one attached hydrogen (secondary N) is 1. The molecule has 0 radical (unpaired) electrons. The molecule has 0 bridgehead atoms. The first-order valence-electron chi connectivity index (χ1n) is 3.77. The first-order valence-corrected chi connectivity index (χ1v) is 3.77. The molecule has 1 rings (SSSR count). The number of rotatable bonds is 0. The Morgan fingerprint density at radius 1 is 1.33 bits per heavy atom. The highest BCUT2D eigenvalue weighted by molar-refractivity contribution is 4.79. The summed E-state index contributed by atoms with van der Waals surface area (Å²) in [6.07, 6.45) is 0. The third kappa shape index (κ3) is 2.82. The van der Waals surface area contributed by atoms with Gasteiger partial charge in [0.15, 0.2) is 0 Å². The second kappa shape index (κ2) is 4.77. The van der Waals surface area contributed by atoms with E-state index in [1.54, 1.807) is 0 Å². The van der Waals surface area contributed by atoms with Crippen molar-refractivity contribution in [1.29, 1.82) is 0 Å². The van der Waals surface area contributed by atoms with E-state index in [4.69, 9.17) is 5.73 Å². The Morgan fingerprint density at radius 3 is 2.00 bits per heavy atom. The summed E-state index contributed by atoms with van der Waals surface area (Å²) in [5.41, 5.74) is 5.62. The molecular weight excluding hydrogens is 112 g/mol. The second-order valence-electron chi connectivity index (χ2n) is 2.30. The molecule has 2 nitrogen and oxygen atoms in total. The minimum Gasteiger partial charge on any atom is -0.326 e. The van der Waals surface area contributed by atoms with Crippen LogP contribution in [0.4, 0.5) is 0 Å². The lowest BCUT2D eigenvalue weighted by Crippen LogP contribution is -2.26. The predicted molar refractivity (Wildman–Crippen MR) is 41.4 cm³/mol. The van der Waals surface area contributed by atoms with Crippen LogP contribution in [0, 0.1) is 5.92 Å². The summed E-state index contributed by atoms with van der Waals surface area (Å²) < 4.78 is 0. The molecular formula is C7H18N2. The SMILES string of the molecule is CC.CC1CNCC1N. The van der Waals surface area contributed by atoms with Crippen molar-refractivity contribution in [2.75, 3.05) is 13.1 Å². The molecule has 0 aromatic rings. The van der Waals surface area contributed by atoms with Gasteiger partial charge in [0, 0.05) is 12.6 Å². The Kier molecular flexibility index (Phi) is 4.72. The average Bonchev–Trinajstić information content (AvgIpc) is 2.23. The molecule has 2 unspecified atom stereocenters. The summed E-state index contributed by atoms with van der Waals surface area (Å²) in [5, 5.41) is 3.20. The van der Waals surface area contributed by atoms with Crippen LogP contribution in [0.5, 0.6) is 0 Å². The smallest absolute Gasteiger partial charge is 0.0203 e. The maximum absolute atomic E-state index is 5.62. The molecule has 1 aliphatic rings. The van der Waals surface area contributed by atoms with E-state index in [9.17, 15) is 0 Å². The third-order valence-corrected chi connectivity index (χ3v) is 1.58. The quantitative estimate of drug-likeness (QED) is 0.503. The molecule has 0 aliphatic carbocycles. The fraction of sp³-hybridized carbons (Fsp3) is 1.00. The van der Waals surface area contributed by atoms with Gasteiger partial charge in [0.2, 0.25) is 0 Å². The van der Waals surface area contributed by atoms with Crippen molar-refractivity contribution < 1.29 is 0 Å².